The summed E-state index contributed by atoms with van der Waals surface area (Å²) in [6, 6.07) is 20.8. The summed E-state index contributed by atoms with van der Waals surface area (Å²) >= 11 is 1.62. The van der Waals surface area contributed by atoms with Crippen LogP contribution in [-0.2, 0) is 4.79 Å². The Kier molecular flexibility index (Phi) is 6.00. The Balaban J connectivity index is 1.51. The molecule has 5 nitrogen and oxygen atoms in total. The first-order valence-corrected chi connectivity index (χ1v) is 11.1. The molecular formula is C25H24N2O3S. The maximum Gasteiger partial charge on any atom is 0.255 e. The van der Waals surface area contributed by atoms with Gasteiger partial charge in [-0.25, -0.2) is 0 Å². The number of ether oxygens (including phenoxy) is 1. The standard InChI is InChI=1S/C25H24N2O3S/c1-16-4-13-22(17(2)14-16)27-23(28)15-31-25(27)19-5-9-20(10-6-19)26-24(29)18-7-11-21(30-3)12-8-18/h4-14,25H,15H2,1-3H3,(H,26,29)/t25-/m0/s1. The summed E-state index contributed by atoms with van der Waals surface area (Å²) in [6.45, 7) is 4.08. The summed E-state index contributed by atoms with van der Waals surface area (Å²) in [5.41, 5.74) is 5.50. The SMILES string of the molecule is COc1ccc(C(=O)Nc2ccc([C@@H]3SCC(=O)N3c3ccc(C)cc3C)cc2)cc1. The van der Waals surface area contributed by atoms with E-state index in [0.29, 0.717) is 22.8 Å². The number of methoxy groups -OCH3 is 1. The fourth-order valence-electron chi connectivity index (χ4n) is 3.68. The Hall–Kier alpha value is -3.25. The molecule has 1 heterocycles. The minimum atomic E-state index is -0.183. The average molecular weight is 433 g/mol. The van der Waals surface area contributed by atoms with Crippen molar-refractivity contribution < 1.29 is 14.3 Å². The van der Waals surface area contributed by atoms with Gasteiger partial charge in [-0.2, -0.15) is 0 Å². The van der Waals surface area contributed by atoms with Gasteiger partial charge in [0.25, 0.3) is 5.91 Å². The highest BCUT2D eigenvalue weighted by Gasteiger charge is 2.34. The van der Waals surface area contributed by atoms with Crippen molar-refractivity contribution in [1.82, 2.24) is 0 Å². The van der Waals surface area contributed by atoms with Gasteiger partial charge >= 0.3 is 0 Å². The lowest BCUT2D eigenvalue weighted by molar-refractivity contribution is -0.115. The molecular weight excluding hydrogens is 408 g/mol. The van der Waals surface area contributed by atoms with Crippen LogP contribution in [-0.4, -0.2) is 24.7 Å². The van der Waals surface area contributed by atoms with Crippen LogP contribution < -0.4 is 15.0 Å². The van der Waals surface area contributed by atoms with E-state index in [-0.39, 0.29) is 17.2 Å². The quantitative estimate of drug-likeness (QED) is 0.591. The van der Waals surface area contributed by atoms with Crippen LogP contribution in [0.25, 0.3) is 0 Å². The molecule has 0 aliphatic carbocycles. The molecule has 0 saturated carbocycles. The normalized spacial score (nSPS) is 15.8. The first kappa shape index (κ1) is 21.0. The van der Waals surface area contributed by atoms with Crippen LogP contribution in [0.2, 0.25) is 0 Å². The Morgan fingerprint density at radius 3 is 2.39 bits per heavy atom. The zero-order valence-electron chi connectivity index (χ0n) is 17.7. The maximum absolute atomic E-state index is 12.6. The third-order valence-corrected chi connectivity index (χ3v) is 6.50. The number of carbonyl (C=O) groups excluding carboxylic acids is 2. The predicted molar refractivity (Wildman–Crippen MR) is 126 cm³/mol. The monoisotopic (exact) mass is 432 g/mol. The van der Waals surface area contributed by atoms with Crippen LogP contribution in [0.3, 0.4) is 0 Å². The first-order valence-electron chi connectivity index (χ1n) is 10.0. The molecule has 0 aromatic heterocycles. The number of rotatable bonds is 5. The molecule has 0 unspecified atom stereocenters. The van der Waals surface area contributed by atoms with E-state index >= 15 is 0 Å². The van der Waals surface area contributed by atoms with E-state index in [2.05, 4.69) is 11.4 Å². The van der Waals surface area contributed by atoms with E-state index in [1.807, 2.05) is 55.1 Å². The number of thioether (sulfide) groups is 1. The summed E-state index contributed by atoms with van der Waals surface area (Å²) in [4.78, 5) is 27.0. The Bertz CT molecular complexity index is 1110. The third-order valence-electron chi connectivity index (χ3n) is 5.29. The molecule has 3 aromatic carbocycles. The van der Waals surface area contributed by atoms with Crippen LogP contribution in [0, 0.1) is 13.8 Å². The lowest BCUT2D eigenvalue weighted by Crippen LogP contribution is -2.28. The fourth-order valence-corrected chi connectivity index (χ4v) is 4.85. The number of aryl methyl sites for hydroxylation is 2. The lowest BCUT2D eigenvalue weighted by Gasteiger charge is -2.26. The van der Waals surface area contributed by atoms with Gasteiger partial charge in [0, 0.05) is 16.9 Å². The molecule has 158 valence electrons. The molecule has 1 atom stereocenters. The van der Waals surface area contributed by atoms with Gasteiger partial charge in [-0.05, 0) is 67.4 Å². The van der Waals surface area contributed by atoms with Crippen LogP contribution >= 0.6 is 11.8 Å². The van der Waals surface area contributed by atoms with Gasteiger partial charge in [-0.1, -0.05) is 29.8 Å². The topological polar surface area (TPSA) is 58.6 Å². The molecule has 1 aliphatic rings. The van der Waals surface area contributed by atoms with Crippen molar-refractivity contribution >= 4 is 35.0 Å². The fraction of sp³-hybridized carbons (Fsp3) is 0.200. The van der Waals surface area contributed by atoms with Crippen molar-refractivity contribution in [3.63, 3.8) is 0 Å². The number of hydrogen-bond acceptors (Lipinski definition) is 4. The largest absolute Gasteiger partial charge is 0.497 e. The molecule has 1 fully saturated rings. The molecule has 3 aromatic rings. The van der Waals surface area contributed by atoms with Crippen LogP contribution in [0.15, 0.2) is 66.7 Å². The second-order valence-electron chi connectivity index (χ2n) is 7.52. The predicted octanol–water partition coefficient (Wildman–Crippen LogP) is 5.34. The highest BCUT2D eigenvalue weighted by molar-refractivity contribution is 8.00. The van der Waals surface area contributed by atoms with Crippen molar-refractivity contribution in [2.75, 3.05) is 23.1 Å². The number of carbonyl (C=O) groups is 2. The number of hydrogen-bond donors (Lipinski definition) is 1. The highest BCUT2D eigenvalue weighted by Crippen LogP contribution is 2.43. The lowest BCUT2D eigenvalue weighted by atomic mass is 10.1. The van der Waals surface area contributed by atoms with Gasteiger partial charge in [0.15, 0.2) is 0 Å². The van der Waals surface area contributed by atoms with Crippen molar-refractivity contribution in [2.24, 2.45) is 0 Å². The molecule has 0 bridgehead atoms. The molecule has 0 radical (unpaired) electrons. The molecule has 0 spiro atoms. The third kappa shape index (κ3) is 4.44. The van der Waals surface area contributed by atoms with Crippen molar-refractivity contribution in [3.05, 3.63) is 89.0 Å². The molecule has 1 N–H and O–H groups in total. The number of amides is 2. The van der Waals surface area contributed by atoms with E-state index in [1.54, 1.807) is 43.1 Å². The van der Waals surface area contributed by atoms with Gasteiger partial charge in [-0.15, -0.1) is 11.8 Å². The number of anilines is 2. The van der Waals surface area contributed by atoms with Gasteiger partial charge in [0.05, 0.1) is 12.9 Å². The maximum atomic E-state index is 12.6. The molecule has 4 rings (SSSR count). The molecule has 31 heavy (non-hydrogen) atoms. The molecule has 1 aliphatic heterocycles. The Morgan fingerprint density at radius 2 is 1.74 bits per heavy atom. The van der Waals surface area contributed by atoms with E-state index in [1.165, 1.54) is 5.56 Å². The summed E-state index contributed by atoms with van der Waals surface area (Å²) in [5, 5.41) is 2.83. The van der Waals surface area contributed by atoms with Crippen LogP contribution in [0.5, 0.6) is 5.75 Å². The first-order chi connectivity index (χ1) is 15.0. The average Bonchev–Trinajstić information content (AvgIpc) is 3.15. The summed E-state index contributed by atoms with van der Waals surface area (Å²) in [6.07, 6.45) is 0. The number of nitrogens with zero attached hydrogens (tertiary/aromatic N) is 1. The van der Waals surface area contributed by atoms with Crippen LogP contribution in [0.1, 0.15) is 32.4 Å². The Labute approximate surface area is 186 Å². The molecule has 2 amide bonds. The van der Waals surface area contributed by atoms with Gasteiger partial charge in [-0.3, -0.25) is 14.5 Å². The smallest absolute Gasteiger partial charge is 0.255 e. The van der Waals surface area contributed by atoms with E-state index in [9.17, 15) is 9.59 Å². The van der Waals surface area contributed by atoms with Gasteiger partial charge < -0.3 is 10.1 Å². The zero-order chi connectivity index (χ0) is 22.0. The van der Waals surface area contributed by atoms with E-state index in [0.717, 1.165) is 16.8 Å². The van der Waals surface area contributed by atoms with Crippen LogP contribution in [0.4, 0.5) is 11.4 Å². The molecule has 1 saturated heterocycles. The number of benzene rings is 3. The summed E-state index contributed by atoms with van der Waals surface area (Å²) < 4.78 is 5.13. The summed E-state index contributed by atoms with van der Waals surface area (Å²) in [7, 11) is 1.59. The second kappa shape index (κ2) is 8.86. The zero-order valence-corrected chi connectivity index (χ0v) is 18.5. The van der Waals surface area contributed by atoms with E-state index in [4.69, 9.17) is 4.74 Å². The number of nitrogens with one attached hydrogen (secondary N) is 1. The van der Waals surface area contributed by atoms with Crippen molar-refractivity contribution in [1.29, 1.82) is 0 Å². The minimum absolute atomic E-state index is 0.0831. The van der Waals surface area contributed by atoms with E-state index < -0.39 is 0 Å². The molecule has 6 heteroatoms. The Morgan fingerprint density at radius 1 is 1.03 bits per heavy atom. The van der Waals surface area contributed by atoms with Crippen molar-refractivity contribution in [2.45, 2.75) is 19.2 Å². The van der Waals surface area contributed by atoms with Gasteiger partial charge in [0.1, 0.15) is 11.1 Å². The highest BCUT2D eigenvalue weighted by atomic mass is 32.2. The summed E-state index contributed by atoms with van der Waals surface area (Å²) in [5.74, 6) is 1.09. The second-order valence-corrected chi connectivity index (χ2v) is 8.59. The van der Waals surface area contributed by atoms with Gasteiger partial charge in [0.2, 0.25) is 5.91 Å². The van der Waals surface area contributed by atoms with Crippen molar-refractivity contribution in [3.8, 4) is 5.75 Å². The minimum Gasteiger partial charge on any atom is -0.497 e.